The second-order valence-corrected chi connectivity index (χ2v) is 4.90. The molecule has 1 aromatic rings. The summed E-state index contributed by atoms with van der Waals surface area (Å²) in [5, 5.41) is 14.1. The molecular formula is C14H16N2O4. The molecule has 1 aliphatic rings. The first-order valence-corrected chi connectivity index (χ1v) is 6.38. The van der Waals surface area contributed by atoms with E-state index in [9.17, 15) is 14.4 Å². The van der Waals surface area contributed by atoms with Crippen molar-refractivity contribution in [2.45, 2.75) is 31.7 Å². The molecule has 0 saturated carbocycles. The summed E-state index contributed by atoms with van der Waals surface area (Å²) in [6.45, 7) is 1.63. The van der Waals surface area contributed by atoms with Crippen LogP contribution in [-0.2, 0) is 14.4 Å². The van der Waals surface area contributed by atoms with Gasteiger partial charge in [-0.25, -0.2) is 0 Å². The lowest BCUT2D eigenvalue weighted by Crippen LogP contribution is -2.40. The van der Waals surface area contributed by atoms with Crippen LogP contribution < -0.4 is 10.6 Å². The quantitative estimate of drug-likeness (QED) is 0.767. The van der Waals surface area contributed by atoms with Crippen molar-refractivity contribution in [1.82, 2.24) is 5.32 Å². The molecular weight excluding hydrogens is 260 g/mol. The van der Waals surface area contributed by atoms with Crippen molar-refractivity contribution >= 4 is 23.5 Å². The smallest absolute Gasteiger partial charge is 0.305 e. The number of hydrogen-bond donors (Lipinski definition) is 3. The molecule has 3 N–H and O–H groups in total. The molecule has 0 aliphatic carbocycles. The number of hydrogen-bond acceptors (Lipinski definition) is 3. The van der Waals surface area contributed by atoms with Crippen LogP contribution in [0.4, 0.5) is 5.69 Å². The van der Waals surface area contributed by atoms with Crippen LogP contribution in [0.1, 0.15) is 31.2 Å². The number of rotatable bonds is 4. The van der Waals surface area contributed by atoms with E-state index in [1.807, 2.05) is 0 Å². The van der Waals surface area contributed by atoms with Gasteiger partial charge >= 0.3 is 5.97 Å². The Hall–Kier alpha value is -2.37. The van der Waals surface area contributed by atoms with Gasteiger partial charge < -0.3 is 15.7 Å². The molecule has 1 heterocycles. The van der Waals surface area contributed by atoms with E-state index in [1.165, 1.54) is 0 Å². The van der Waals surface area contributed by atoms with E-state index in [2.05, 4.69) is 10.6 Å². The molecule has 6 nitrogen and oxygen atoms in total. The molecule has 0 spiro atoms. The molecule has 0 bridgehead atoms. The number of amides is 2. The summed E-state index contributed by atoms with van der Waals surface area (Å²) < 4.78 is 0. The Balaban J connectivity index is 2.14. The second kappa shape index (κ2) is 5.73. The van der Waals surface area contributed by atoms with Crippen LogP contribution in [0.25, 0.3) is 0 Å². The predicted molar refractivity (Wildman–Crippen MR) is 72.3 cm³/mol. The van der Waals surface area contributed by atoms with Gasteiger partial charge in [0, 0.05) is 18.2 Å². The maximum Gasteiger partial charge on any atom is 0.305 e. The second-order valence-electron chi connectivity index (χ2n) is 4.90. The van der Waals surface area contributed by atoms with Crippen LogP contribution in [0.3, 0.4) is 0 Å². The Morgan fingerprint density at radius 3 is 2.85 bits per heavy atom. The lowest BCUT2D eigenvalue weighted by Gasteiger charge is -2.25. The molecule has 1 aromatic carbocycles. The molecule has 0 aromatic heterocycles. The number of carbonyl (C=O) groups excluding carboxylic acids is 2. The van der Waals surface area contributed by atoms with Gasteiger partial charge in [-0.15, -0.1) is 0 Å². The number of para-hydroxylation sites is 1. The van der Waals surface area contributed by atoms with Gasteiger partial charge in [-0.3, -0.25) is 14.4 Å². The zero-order valence-corrected chi connectivity index (χ0v) is 11.1. The van der Waals surface area contributed by atoms with Gasteiger partial charge in [-0.1, -0.05) is 18.2 Å². The Labute approximate surface area is 116 Å². The molecule has 2 unspecified atom stereocenters. The Morgan fingerprint density at radius 1 is 1.45 bits per heavy atom. The van der Waals surface area contributed by atoms with Crippen LogP contribution in [0, 0.1) is 0 Å². The summed E-state index contributed by atoms with van der Waals surface area (Å²) in [6.07, 6.45) is -0.0745. The Bertz CT molecular complexity index is 556. The van der Waals surface area contributed by atoms with Crippen LogP contribution in [0.2, 0.25) is 0 Å². The van der Waals surface area contributed by atoms with Crippen LogP contribution in [0.15, 0.2) is 24.3 Å². The number of carboxylic acids is 1. The Morgan fingerprint density at radius 2 is 2.15 bits per heavy atom. The van der Waals surface area contributed by atoms with Gasteiger partial charge in [0.1, 0.15) is 0 Å². The number of anilines is 1. The number of nitrogens with one attached hydrogen (secondary N) is 2. The van der Waals surface area contributed by atoms with Gasteiger partial charge in [0.2, 0.25) is 11.8 Å². The SMILES string of the molecule is CC(CC(=O)O)NC(=O)C1CC(=O)Nc2ccccc21. The highest BCUT2D eigenvalue weighted by Gasteiger charge is 2.31. The number of carbonyl (C=O) groups is 3. The molecule has 2 atom stereocenters. The van der Waals surface area contributed by atoms with Crippen molar-refractivity contribution in [3.8, 4) is 0 Å². The van der Waals surface area contributed by atoms with E-state index in [4.69, 9.17) is 5.11 Å². The van der Waals surface area contributed by atoms with E-state index >= 15 is 0 Å². The molecule has 6 heteroatoms. The minimum Gasteiger partial charge on any atom is -0.481 e. The fourth-order valence-corrected chi connectivity index (χ4v) is 2.30. The van der Waals surface area contributed by atoms with Crippen LogP contribution in [-0.4, -0.2) is 28.9 Å². The van der Waals surface area contributed by atoms with Crippen molar-refractivity contribution in [3.05, 3.63) is 29.8 Å². The highest BCUT2D eigenvalue weighted by Crippen LogP contribution is 2.32. The molecule has 2 amide bonds. The van der Waals surface area contributed by atoms with E-state index in [-0.39, 0.29) is 24.7 Å². The van der Waals surface area contributed by atoms with Crippen molar-refractivity contribution in [2.75, 3.05) is 5.32 Å². The third kappa shape index (κ3) is 3.14. The molecule has 0 fully saturated rings. The first-order valence-electron chi connectivity index (χ1n) is 6.38. The van der Waals surface area contributed by atoms with Crippen molar-refractivity contribution < 1.29 is 19.5 Å². The first kappa shape index (κ1) is 14.0. The van der Waals surface area contributed by atoms with Gasteiger partial charge in [0.05, 0.1) is 12.3 Å². The molecule has 106 valence electrons. The van der Waals surface area contributed by atoms with E-state index < -0.39 is 17.9 Å². The van der Waals surface area contributed by atoms with Gasteiger partial charge in [-0.05, 0) is 18.6 Å². The van der Waals surface area contributed by atoms with Gasteiger partial charge in [0.25, 0.3) is 0 Å². The summed E-state index contributed by atoms with van der Waals surface area (Å²) in [6, 6.07) is 6.65. The van der Waals surface area contributed by atoms with Crippen LogP contribution in [0.5, 0.6) is 0 Å². The summed E-state index contributed by atoms with van der Waals surface area (Å²) in [4.78, 5) is 34.4. The van der Waals surface area contributed by atoms with Crippen molar-refractivity contribution in [1.29, 1.82) is 0 Å². The number of benzene rings is 1. The van der Waals surface area contributed by atoms with E-state index in [0.29, 0.717) is 5.69 Å². The summed E-state index contributed by atoms with van der Waals surface area (Å²) in [7, 11) is 0. The minimum atomic E-state index is -0.973. The largest absolute Gasteiger partial charge is 0.481 e. The van der Waals surface area contributed by atoms with E-state index in [0.717, 1.165) is 5.56 Å². The maximum absolute atomic E-state index is 12.2. The third-order valence-corrected chi connectivity index (χ3v) is 3.19. The maximum atomic E-state index is 12.2. The minimum absolute atomic E-state index is 0.0721. The molecule has 0 saturated heterocycles. The highest BCUT2D eigenvalue weighted by molar-refractivity contribution is 6.01. The van der Waals surface area contributed by atoms with Gasteiger partial charge in [0.15, 0.2) is 0 Å². The molecule has 0 radical (unpaired) electrons. The average Bonchev–Trinajstić information content (AvgIpc) is 2.36. The highest BCUT2D eigenvalue weighted by atomic mass is 16.4. The molecule has 1 aliphatic heterocycles. The average molecular weight is 276 g/mol. The van der Waals surface area contributed by atoms with Crippen LogP contribution >= 0.6 is 0 Å². The zero-order valence-electron chi connectivity index (χ0n) is 11.1. The summed E-state index contributed by atoms with van der Waals surface area (Å²) >= 11 is 0. The number of carboxylic acid groups (broad SMARTS) is 1. The summed E-state index contributed by atoms with van der Waals surface area (Å²) in [5.74, 6) is -2.08. The zero-order chi connectivity index (χ0) is 14.7. The molecule has 20 heavy (non-hydrogen) atoms. The lowest BCUT2D eigenvalue weighted by molar-refractivity contribution is -0.137. The van der Waals surface area contributed by atoms with Crippen molar-refractivity contribution in [3.63, 3.8) is 0 Å². The Kier molecular flexibility index (Phi) is 4.02. The van der Waals surface area contributed by atoms with Gasteiger partial charge in [-0.2, -0.15) is 0 Å². The van der Waals surface area contributed by atoms with Crippen molar-refractivity contribution in [2.24, 2.45) is 0 Å². The monoisotopic (exact) mass is 276 g/mol. The first-order chi connectivity index (χ1) is 9.47. The fourth-order valence-electron chi connectivity index (χ4n) is 2.30. The topological polar surface area (TPSA) is 95.5 Å². The molecule has 2 rings (SSSR count). The predicted octanol–water partition coefficient (Wildman–Crippen LogP) is 1.09. The number of fused-ring (bicyclic) bond motifs is 1. The third-order valence-electron chi connectivity index (χ3n) is 3.19. The van der Waals surface area contributed by atoms with E-state index in [1.54, 1.807) is 31.2 Å². The normalized spacial score (nSPS) is 18.6. The number of aliphatic carboxylic acids is 1. The standard InChI is InChI=1S/C14H16N2O4/c1-8(6-13(18)19)15-14(20)10-7-12(17)16-11-5-3-2-4-9(10)11/h2-5,8,10H,6-7H2,1H3,(H,15,20)(H,16,17)(H,18,19). The fraction of sp³-hybridized carbons (Fsp3) is 0.357. The lowest BCUT2D eigenvalue weighted by atomic mass is 9.89. The summed E-state index contributed by atoms with van der Waals surface area (Å²) in [5.41, 5.74) is 1.39.